The van der Waals surface area contributed by atoms with E-state index >= 15 is 0 Å². The zero-order chi connectivity index (χ0) is 14.8. The van der Waals surface area contributed by atoms with E-state index in [-0.39, 0.29) is 6.42 Å². The molecule has 1 N–H and O–H groups in total. The average Bonchev–Trinajstić information content (AvgIpc) is 2.80. The standard InChI is InChI=1S/C18H19NO2/c1-2-19-16-8-4-3-7-14(16)15-12-13(10-11-17(15)19)6-5-9-18(20)21/h3-4,7-8,10-12H,2,5-6,9H2,1H3,(H,20,21). The Bertz CT molecular complexity index is 801. The maximum Gasteiger partial charge on any atom is 0.303 e. The molecule has 2 aromatic carbocycles. The van der Waals surface area contributed by atoms with E-state index in [0.29, 0.717) is 6.42 Å². The molecule has 0 radical (unpaired) electrons. The van der Waals surface area contributed by atoms with Gasteiger partial charge in [-0.05, 0) is 43.5 Å². The summed E-state index contributed by atoms with van der Waals surface area (Å²) in [5, 5.41) is 11.3. The molecule has 0 spiro atoms. The summed E-state index contributed by atoms with van der Waals surface area (Å²) >= 11 is 0. The lowest BCUT2D eigenvalue weighted by Gasteiger charge is -2.04. The van der Waals surface area contributed by atoms with E-state index in [2.05, 4.69) is 54.0 Å². The minimum atomic E-state index is -0.723. The van der Waals surface area contributed by atoms with Crippen LogP contribution in [0.4, 0.5) is 0 Å². The molecule has 0 saturated heterocycles. The van der Waals surface area contributed by atoms with E-state index in [1.807, 2.05) is 0 Å². The van der Waals surface area contributed by atoms with Gasteiger partial charge in [-0.2, -0.15) is 0 Å². The van der Waals surface area contributed by atoms with Crippen LogP contribution >= 0.6 is 0 Å². The van der Waals surface area contributed by atoms with Gasteiger partial charge in [-0.1, -0.05) is 24.3 Å². The first kappa shape index (κ1) is 13.7. The summed E-state index contributed by atoms with van der Waals surface area (Å²) in [5.74, 6) is -0.723. The van der Waals surface area contributed by atoms with Crippen LogP contribution in [0.25, 0.3) is 21.8 Å². The lowest BCUT2D eigenvalue weighted by atomic mass is 10.0. The van der Waals surface area contributed by atoms with Gasteiger partial charge in [-0.3, -0.25) is 4.79 Å². The van der Waals surface area contributed by atoms with E-state index in [1.165, 1.54) is 27.4 Å². The van der Waals surface area contributed by atoms with Crippen molar-refractivity contribution in [2.75, 3.05) is 0 Å². The van der Waals surface area contributed by atoms with Gasteiger partial charge in [-0.15, -0.1) is 0 Å². The molecule has 0 unspecified atom stereocenters. The fourth-order valence-corrected chi connectivity index (χ4v) is 3.04. The van der Waals surface area contributed by atoms with Crippen molar-refractivity contribution >= 4 is 27.8 Å². The number of aromatic nitrogens is 1. The largest absolute Gasteiger partial charge is 0.481 e. The lowest BCUT2D eigenvalue weighted by molar-refractivity contribution is -0.137. The van der Waals surface area contributed by atoms with Crippen molar-refractivity contribution in [1.82, 2.24) is 4.57 Å². The Morgan fingerprint density at radius 1 is 1.10 bits per heavy atom. The number of carbonyl (C=O) groups is 1. The molecule has 0 saturated carbocycles. The number of fused-ring (bicyclic) bond motifs is 3. The van der Waals surface area contributed by atoms with Crippen molar-refractivity contribution < 1.29 is 9.90 Å². The number of carboxylic acids is 1. The Morgan fingerprint density at radius 2 is 1.86 bits per heavy atom. The summed E-state index contributed by atoms with van der Waals surface area (Å²) in [5.41, 5.74) is 3.72. The molecule has 0 aliphatic rings. The number of nitrogens with zero attached hydrogens (tertiary/aromatic N) is 1. The van der Waals surface area contributed by atoms with Gasteiger partial charge < -0.3 is 9.67 Å². The zero-order valence-electron chi connectivity index (χ0n) is 12.2. The van der Waals surface area contributed by atoms with Crippen molar-refractivity contribution in [3.8, 4) is 0 Å². The maximum absolute atomic E-state index is 10.6. The number of hydrogen-bond donors (Lipinski definition) is 1. The molecule has 1 heterocycles. The van der Waals surface area contributed by atoms with Gasteiger partial charge >= 0.3 is 5.97 Å². The number of benzene rings is 2. The van der Waals surface area contributed by atoms with Crippen molar-refractivity contribution in [2.24, 2.45) is 0 Å². The van der Waals surface area contributed by atoms with Crippen LogP contribution in [-0.2, 0) is 17.8 Å². The van der Waals surface area contributed by atoms with E-state index < -0.39 is 5.97 Å². The molecule has 0 aliphatic heterocycles. The second kappa shape index (κ2) is 5.60. The molecule has 0 bridgehead atoms. The Morgan fingerprint density at radius 3 is 2.62 bits per heavy atom. The topological polar surface area (TPSA) is 42.2 Å². The van der Waals surface area contributed by atoms with Crippen LogP contribution < -0.4 is 0 Å². The summed E-state index contributed by atoms with van der Waals surface area (Å²) < 4.78 is 2.33. The highest BCUT2D eigenvalue weighted by Crippen LogP contribution is 2.29. The minimum Gasteiger partial charge on any atom is -0.481 e. The molecule has 108 valence electrons. The Kier molecular flexibility index (Phi) is 3.65. The molecule has 0 atom stereocenters. The van der Waals surface area contributed by atoms with Gasteiger partial charge in [0.1, 0.15) is 0 Å². The van der Waals surface area contributed by atoms with Crippen molar-refractivity contribution in [2.45, 2.75) is 32.7 Å². The summed E-state index contributed by atoms with van der Waals surface area (Å²) in [6.07, 6.45) is 1.73. The smallest absolute Gasteiger partial charge is 0.303 e. The number of rotatable bonds is 5. The van der Waals surface area contributed by atoms with Crippen LogP contribution in [0, 0.1) is 0 Å². The Balaban J connectivity index is 2.04. The van der Waals surface area contributed by atoms with Crippen LogP contribution in [0.1, 0.15) is 25.3 Å². The summed E-state index contributed by atoms with van der Waals surface area (Å²) in [6.45, 7) is 3.11. The molecule has 3 heteroatoms. The highest BCUT2D eigenvalue weighted by molar-refractivity contribution is 6.08. The van der Waals surface area contributed by atoms with E-state index in [4.69, 9.17) is 5.11 Å². The molecule has 3 nitrogen and oxygen atoms in total. The number of hydrogen-bond acceptors (Lipinski definition) is 1. The summed E-state index contributed by atoms with van der Waals surface area (Å²) in [7, 11) is 0. The summed E-state index contributed by atoms with van der Waals surface area (Å²) in [6, 6.07) is 14.9. The molecule has 3 rings (SSSR count). The number of aliphatic carboxylic acids is 1. The predicted molar refractivity (Wildman–Crippen MR) is 85.7 cm³/mol. The molecule has 0 fully saturated rings. The SMILES string of the molecule is CCn1c2ccccc2c2cc(CCCC(=O)O)ccc21. The van der Waals surface area contributed by atoms with Gasteiger partial charge in [0.15, 0.2) is 0 Å². The Labute approximate surface area is 123 Å². The first-order chi connectivity index (χ1) is 10.2. The van der Waals surface area contributed by atoms with Gasteiger partial charge in [0, 0.05) is 34.8 Å². The zero-order valence-corrected chi connectivity index (χ0v) is 12.2. The second-order valence-corrected chi connectivity index (χ2v) is 5.36. The quantitative estimate of drug-likeness (QED) is 0.760. The van der Waals surface area contributed by atoms with Crippen LogP contribution in [0.15, 0.2) is 42.5 Å². The lowest BCUT2D eigenvalue weighted by Crippen LogP contribution is -1.96. The van der Waals surface area contributed by atoms with E-state index in [0.717, 1.165) is 13.0 Å². The van der Waals surface area contributed by atoms with Crippen LogP contribution in [0.3, 0.4) is 0 Å². The van der Waals surface area contributed by atoms with Crippen molar-refractivity contribution in [1.29, 1.82) is 0 Å². The maximum atomic E-state index is 10.6. The highest BCUT2D eigenvalue weighted by Gasteiger charge is 2.09. The van der Waals surface area contributed by atoms with Gasteiger partial charge in [0.2, 0.25) is 0 Å². The third kappa shape index (κ3) is 2.51. The number of carboxylic acid groups (broad SMARTS) is 1. The Hall–Kier alpha value is -2.29. The monoisotopic (exact) mass is 281 g/mol. The van der Waals surface area contributed by atoms with Gasteiger partial charge in [0.25, 0.3) is 0 Å². The van der Waals surface area contributed by atoms with Crippen LogP contribution in [0.2, 0.25) is 0 Å². The third-order valence-electron chi connectivity index (χ3n) is 4.01. The highest BCUT2D eigenvalue weighted by atomic mass is 16.4. The third-order valence-corrected chi connectivity index (χ3v) is 4.01. The second-order valence-electron chi connectivity index (χ2n) is 5.36. The molecule has 1 aromatic heterocycles. The first-order valence-electron chi connectivity index (χ1n) is 7.42. The minimum absolute atomic E-state index is 0.231. The molecule has 21 heavy (non-hydrogen) atoms. The molecule has 0 aliphatic carbocycles. The number of para-hydroxylation sites is 1. The summed E-state index contributed by atoms with van der Waals surface area (Å²) in [4.78, 5) is 10.6. The number of aryl methyl sites for hydroxylation is 2. The molecule has 0 amide bonds. The van der Waals surface area contributed by atoms with Crippen LogP contribution in [-0.4, -0.2) is 15.6 Å². The van der Waals surface area contributed by atoms with Gasteiger partial charge in [0.05, 0.1) is 0 Å². The van der Waals surface area contributed by atoms with Crippen LogP contribution in [0.5, 0.6) is 0 Å². The fraction of sp³-hybridized carbons (Fsp3) is 0.278. The predicted octanol–water partition coefficient (Wildman–Crippen LogP) is 4.22. The van der Waals surface area contributed by atoms with E-state index in [9.17, 15) is 4.79 Å². The normalized spacial score (nSPS) is 11.3. The molecular formula is C18H19NO2. The van der Waals surface area contributed by atoms with Crippen molar-refractivity contribution in [3.63, 3.8) is 0 Å². The van der Waals surface area contributed by atoms with Gasteiger partial charge in [-0.25, -0.2) is 0 Å². The fourth-order valence-electron chi connectivity index (χ4n) is 3.04. The molecule has 3 aromatic rings. The van der Waals surface area contributed by atoms with Crippen molar-refractivity contribution in [3.05, 3.63) is 48.0 Å². The van der Waals surface area contributed by atoms with E-state index in [1.54, 1.807) is 0 Å². The first-order valence-corrected chi connectivity index (χ1v) is 7.42. The average molecular weight is 281 g/mol. The molecular weight excluding hydrogens is 262 g/mol.